The van der Waals surface area contributed by atoms with Crippen LogP contribution < -0.4 is 4.90 Å². The fourth-order valence-electron chi connectivity index (χ4n) is 9.91. The maximum atomic E-state index is 2.50. The van der Waals surface area contributed by atoms with Gasteiger partial charge in [0, 0.05) is 17.1 Å². The van der Waals surface area contributed by atoms with E-state index in [9.17, 15) is 0 Å². The summed E-state index contributed by atoms with van der Waals surface area (Å²) in [4.78, 5) is 2.41. The van der Waals surface area contributed by atoms with Gasteiger partial charge < -0.3 is 4.90 Å². The van der Waals surface area contributed by atoms with Crippen LogP contribution in [0.5, 0.6) is 0 Å². The van der Waals surface area contributed by atoms with Gasteiger partial charge in [0.25, 0.3) is 0 Å². The molecule has 11 rings (SSSR count). The lowest BCUT2D eigenvalue weighted by Crippen LogP contribution is -2.25. The van der Waals surface area contributed by atoms with Crippen LogP contribution in [0.3, 0.4) is 0 Å². The summed E-state index contributed by atoms with van der Waals surface area (Å²) in [5.74, 6) is 0. The molecule has 0 unspecified atom stereocenters. The normalized spacial score (nSPS) is 12.8. The second kappa shape index (κ2) is 13.5. The topological polar surface area (TPSA) is 3.24 Å². The predicted octanol–water partition coefficient (Wildman–Crippen LogP) is 15.1. The van der Waals surface area contributed by atoms with Crippen molar-refractivity contribution in [2.75, 3.05) is 4.90 Å². The summed E-state index contributed by atoms with van der Waals surface area (Å²) < 4.78 is 0. The van der Waals surface area contributed by atoms with Gasteiger partial charge in [0.1, 0.15) is 0 Å². The van der Waals surface area contributed by atoms with E-state index in [0.717, 1.165) is 11.4 Å². The number of anilines is 3. The largest absolute Gasteiger partial charge is 0.310 e. The van der Waals surface area contributed by atoms with E-state index >= 15 is 0 Å². The monoisotopic (exact) mass is 739 g/mol. The van der Waals surface area contributed by atoms with Crippen LogP contribution in [0, 0.1) is 13.8 Å². The van der Waals surface area contributed by atoms with Crippen LogP contribution in [-0.2, 0) is 5.41 Å². The third-order valence-electron chi connectivity index (χ3n) is 12.6. The van der Waals surface area contributed by atoms with Gasteiger partial charge in [0.15, 0.2) is 0 Å². The molecule has 9 aromatic carbocycles. The number of hydrogen-bond donors (Lipinski definition) is 0. The number of nitrogens with zero attached hydrogens (tertiary/aromatic N) is 1. The Morgan fingerprint density at radius 1 is 0.293 bits per heavy atom. The van der Waals surface area contributed by atoms with E-state index in [0.29, 0.717) is 0 Å². The maximum Gasteiger partial charge on any atom is 0.0725 e. The Morgan fingerprint density at radius 2 is 0.690 bits per heavy atom. The predicted molar refractivity (Wildman–Crippen MR) is 243 cm³/mol. The van der Waals surface area contributed by atoms with Crippen molar-refractivity contribution < 1.29 is 0 Å². The quantitative estimate of drug-likeness (QED) is 0.164. The molecule has 0 aliphatic heterocycles. The van der Waals surface area contributed by atoms with Crippen molar-refractivity contribution in [2.45, 2.75) is 19.3 Å². The third kappa shape index (κ3) is 5.17. The summed E-state index contributed by atoms with van der Waals surface area (Å²) in [6, 6.07) is 78.3. The molecule has 0 N–H and O–H groups in total. The van der Waals surface area contributed by atoms with Crippen molar-refractivity contribution in [1.29, 1.82) is 0 Å². The first-order valence-electron chi connectivity index (χ1n) is 20.3. The van der Waals surface area contributed by atoms with Crippen molar-refractivity contribution in [3.63, 3.8) is 0 Å². The van der Waals surface area contributed by atoms with Gasteiger partial charge in [-0.05, 0) is 145 Å². The first kappa shape index (κ1) is 34.1. The fraction of sp³-hybridized carbons (Fsp3) is 0.0526. The molecule has 0 saturated carbocycles. The van der Waals surface area contributed by atoms with E-state index in [2.05, 4.69) is 231 Å². The molecule has 274 valence electrons. The van der Waals surface area contributed by atoms with Crippen molar-refractivity contribution in [3.8, 4) is 55.6 Å². The van der Waals surface area contributed by atoms with Gasteiger partial charge in [-0.2, -0.15) is 0 Å². The summed E-state index contributed by atoms with van der Waals surface area (Å²) in [5.41, 5.74) is 23.6. The molecule has 0 aromatic heterocycles. The van der Waals surface area contributed by atoms with E-state index < -0.39 is 0 Å². The van der Waals surface area contributed by atoms with Crippen LogP contribution >= 0.6 is 0 Å². The first-order chi connectivity index (χ1) is 28.6. The number of hydrogen-bond acceptors (Lipinski definition) is 1. The van der Waals surface area contributed by atoms with Gasteiger partial charge in [-0.1, -0.05) is 170 Å². The van der Waals surface area contributed by atoms with E-state index in [1.54, 1.807) is 0 Å². The molecule has 0 fully saturated rings. The average Bonchev–Trinajstić information content (AvgIpc) is 3.76. The molecule has 2 aliphatic rings. The summed E-state index contributed by atoms with van der Waals surface area (Å²) in [6.07, 6.45) is 0. The molecule has 0 heterocycles. The zero-order valence-corrected chi connectivity index (χ0v) is 32.7. The minimum Gasteiger partial charge on any atom is -0.310 e. The minimum absolute atomic E-state index is 0.368. The van der Waals surface area contributed by atoms with Crippen LogP contribution in [0.4, 0.5) is 17.1 Å². The zero-order chi connectivity index (χ0) is 38.8. The minimum atomic E-state index is -0.368. The summed E-state index contributed by atoms with van der Waals surface area (Å²) in [7, 11) is 0. The molecule has 0 atom stereocenters. The molecular weight excluding hydrogens is 699 g/mol. The highest BCUT2D eigenvalue weighted by molar-refractivity contribution is 5.96. The number of aryl methyl sites for hydroxylation is 2. The SMILES string of the molecule is Cc1cc(N(c2ccc(-c3ccccc3)cc2)c2ccc(-c3ccccc3)cc2)c(C)cc1-c1ccc2c(c1)C1(c3ccccc3-c3ccccc31)c1ccccc1-2. The molecule has 1 heteroatoms. The van der Waals surface area contributed by atoms with Gasteiger partial charge in [0.2, 0.25) is 0 Å². The van der Waals surface area contributed by atoms with Crippen LogP contribution in [0.25, 0.3) is 55.6 Å². The lowest BCUT2D eigenvalue weighted by Gasteiger charge is -2.31. The Hall–Kier alpha value is -7.22. The molecule has 1 spiro atoms. The molecule has 0 amide bonds. The molecule has 0 radical (unpaired) electrons. The Kier molecular flexibility index (Phi) is 7.91. The second-order valence-electron chi connectivity index (χ2n) is 15.8. The Morgan fingerprint density at radius 3 is 1.17 bits per heavy atom. The lowest BCUT2D eigenvalue weighted by molar-refractivity contribution is 0.794. The Bertz CT molecular complexity index is 2850. The van der Waals surface area contributed by atoms with Crippen molar-refractivity contribution in [1.82, 2.24) is 0 Å². The Balaban J connectivity index is 1.05. The van der Waals surface area contributed by atoms with Crippen LogP contribution in [0.1, 0.15) is 33.4 Å². The maximum absolute atomic E-state index is 2.50. The second-order valence-corrected chi connectivity index (χ2v) is 15.8. The lowest BCUT2D eigenvalue weighted by atomic mass is 9.70. The van der Waals surface area contributed by atoms with Crippen LogP contribution in [0.2, 0.25) is 0 Å². The van der Waals surface area contributed by atoms with Gasteiger partial charge in [-0.25, -0.2) is 0 Å². The zero-order valence-electron chi connectivity index (χ0n) is 32.7. The number of benzene rings is 9. The molecule has 58 heavy (non-hydrogen) atoms. The van der Waals surface area contributed by atoms with Crippen LogP contribution in [-0.4, -0.2) is 0 Å². The molecule has 9 aromatic rings. The summed E-state index contributed by atoms with van der Waals surface area (Å²) in [5, 5.41) is 0. The van der Waals surface area contributed by atoms with Crippen molar-refractivity contribution >= 4 is 17.1 Å². The van der Waals surface area contributed by atoms with E-state index in [1.807, 2.05) is 0 Å². The van der Waals surface area contributed by atoms with Gasteiger partial charge >= 0.3 is 0 Å². The standard InChI is InChI=1S/C57H41N/c1-38-36-56(58(45-30-25-42(26-31-45)40-15-5-3-6-16-40)46-32-27-43(28-33-46)41-17-7-4-8-18-41)39(2)35-51(38)44-29-34-50-49-21-11-14-24-54(49)57(55(50)37-44)52-22-12-9-19-47(52)48-20-10-13-23-53(48)57/h3-37H,1-2H3. The van der Waals surface area contributed by atoms with E-state index in [4.69, 9.17) is 0 Å². The first-order valence-corrected chi connectivity index (χ1v) is 20.3. The van der Waals surface area contributed by atoms with E-state index in [-0.39, 0.29) is 5.41 Å². The van der Waals surface area contributed by atoms with Crippen molar-refractivity contribution in [3.05, 3.63) is 246 Å². The smallest absolute Gasteiger partial charge is 0.0725 e. The molecule has 1 nitrogen and oxygen atoms in total. The molecular formula is C57H41N. The molecule has 2 aliphatic carbocycles. The van der Waals surface area contributed by atoms with E-state index in [1.165, 1.54) is 94.7 Å². The highest BCUT2D eigenvalue weighted by atomic mass is 15.1. The van der Waals surface area contributed by atoms with Gasteiger partial charge in [-0.15, -0.1) is 0 Å². The van der Waals surface area contributed by atoms with Crippen LogP contribution in [0.15, 0.2) is 212 Å². The third-order valence-corrected chi connectivity index (χ3v) is 12.6. The van der Waals surface area contributed by atoms with Gasteiger partial charge in [0.05, 0.1) is 5.41 Å². The van der Waals surface area contributed by atoms with Gasteiger partial charge in [-0.3, -0.25) is 0 Å². The summed E-state index contributed by atoms with van der Waals surface area (Å²) >= 11 is 0. The number of fused-ring (bicyclic) bond motifs is 10. The fourth-order valence-corrected chi connectivity index (χ4v) is 9.91. The Labute approximate surface area is 341 Å². The van der Waals surface area contributed by atoms with Crippen molar-refractivity contribution in [2.24, 2.45) is 0 Å². The highest BCUT2D eigenvalue weighted by Crippen LogP contribution is 2.63. The molecule has 0 saturated heterocycles. The number of rotatable bonds is 6. The average molecular weight is 740 g/mol. The highest BCUT2D eigenvalue weighted by Gasteiger charge is 2.51. The molecule has 0 bridgehead atoms. The summed E-state index contributed by atoms with van der Waals surface area (Å²) in [6.45, 7) is 4.53.